The molecule has 104 valence electrons. The van der Waals surface area contributed by atoms with Gasteiger partial charge in [-0.3, -0.25) is 4.21 Å². The van der Waals surface area contributed by atoms with Crippen LogP contribution in [0.1, 0.15) is 25.5 Å². The summed E-state index contributed by atoms with van der Waals surface area (Å²) in [7, 11) is -0.943. The zero-order valence-corrected chi connectivity index (χ0v) is 12.1. The summed E-state index contributed by atoms with van der Waals surface area (Å²) in [6.07, 6.45) is 0. The topological polar surface area (TPSA) is 47.6 Å². The van der Waals surface area contributed by atoms with E-state index in [1.165, 1.54) is 0 Å². The third-order valence-corrected chi connectivity index (χ3v) is 5.33. The number of fused-ring (bicyclic) bond motifs is 2. The molecule has 1 aromatic carbocycles. The first-order chi connectivity index (χ1) is 9.20. The molecule has 1 N–H and O–H groups in total. The largest absolute Gasteiger partial charge is 0.486 e. The number of hydrogen-bond acceptors (Lipinski definition) is 4. The molecule has 2 aliphatic heterocycles. The third-order valence-electron chi connectivity index (χ3n) is 3.66. The molecule has 5 heteroatoms. The maximum absolute atomic E-state index is 12.3. The summed E-state index contributed by atoms with van der Waals surface area (Å²) in [6, 6.07) is 4.15. The highest BCUT2D eigenvalue weighted by molar-refractivity contribution is 7.85. The minimum atomic E-state index is -0.943. The minimum Gasteiger partial charge on any atom is -0.486 e. The van der Waals surface area contributed by atoms with Crippen molar-refractivity contribution < 1.29 is 13.7 Å². The average molecular weight is 281 g/mol. The molecule has 3 atom stereocenters. The molecule has 1 aromatic rings. The molecule has 0 aromatic heterocycles. The maximum atomic E-state index is 12.3. The fourth-order valence-electron chi connectivity index (χ4n) is 2.79. The van der Waals surface area contributed by atoms with Gasteiger partial charge in [0.2, 0.25) is 0 Å². The van der Waals surface area contributed by atoms with Crippen molar-refractivity contribution in [3.8, 4) is 11.5 Å². The van der Waals surface area contributed by atoms with Crippen LogP contribution in [-0.2, 0) is 10.8 Å². The van der Waals surface area contributed by atoms with Gasteiger partial charge in [-0.2, -0.15) is 0 Å². The normalized spacial score (nSPS) is 28.8. The van der Waals surface area contributed by atoms with Crippen molar-refractivity contribution >= 4 is 10.8 Å². The molecule has 0 fully saturated rings. The van der Waals surface area contributed by atoms with Crippen LogP contribution in [0.2, 0.25) is 0 Å². The molecule has 3 unspecified atom stereocenters. The summed E-state index contributed by atoms with van der Waals surface area (Å²) in [5.41, 5.74) is 1.10. The van der Waals surface area contributed by atoms with E-state index in [0.29, 0.717) is 24.9 Å². The zero-order valence-electron chi connectivity index (χ0n) is 11.3. The average Bonchev–Trinajstić information content (AvgIpc) is 2.42. The van der Waals surface area contributed by atoms with E-state index in [0.717, 1.165) is 28.5 Å². The van der Waals surface area contributed by atoms with Crippen LogP contribution in [0.15, 0.2) is 17.0 Å². The summed E-state index contributed by atoms with van der Waals surface area (Å²) < 4.78 is 23.5. The van der Waals surface area contributed by atoms with Crippen molar-refractivity contribution in [2.75, 3.05) is 25.5 Å². The third kappa shape index (κ3) is 2.25. The molecule has 0 saturated heterocycles. The SMILES string of the molecule is CCNC1c2cc3c(cc2S(=O)CC1C)OCCO3. The van der Waals surface area contributed by atoms with Gasteiger partial charge in [-0.25, -0.2) is 0 Å². The highest BCUT2D eigenvalue weighted by Crippen LogP contribution is 2.41. The Hall–Kier alpha value is -1.07. The quantitative estimate of drug-likeness (QED) is 0.899. The molecule has 2 heterocycles. The van der Waals surface area contributed by atoms with Gasteiger partial charge in [0.15, 0.2) is 11.5 Å². The molecule has 0 aliphatic carbocycles. The summed E-state index contributed by atoms with van der Waals surface area (Å²) in [5.74, 6) is 2.56. The number of rotatable bonds is 2. The molecule has 0 amide bonds. The second-order valence-corrected chi connectivity index (χ2v) is 6.52. The minimum absolute atomic E-state index is 0.244. The highest BCUT2D eigenvalue weighted by Gasteiger charge is 2.32. The molecule has 0 saturated carbocycles. The van der Waals surface area contributed by atoms with Crippen LogP contribution >= 0.6 is 0 Å². The van der Waals surface area contributed by atoms with Gasteiger partial charge in [0, 0.05) is 22.8 Å². The Kier molecular flexibility index (Phi) is 3.50. The van der Waals surface area contributed by atoms with E-state index >= 15 is 0 Å². The van der Waals surface area contributed by atoms with Crippen LogP contribution in [0.3, 0.4) is 0 Å². The van der Waals surface area contributed by atoms with Crippen molar-refractivity contribution in [1.29, 1.82) is 0 Å². The summed E-state index contributed by atoms with van der Waals surface area (Å²) >= 11 is 0. The molecule has 4 nitrogen and oxygen atoms in total. The van der Waals surface area contributed by atoms with Crippen molar-refractivity contribution in [3.05, 3.63) is 17.7 Å². The lowest BCUT2D eigenvalue weighted by Crippen LogP contribution is -2.34. The van der Waals surface area contributed by atoms with Crippen LogP contribution in [0.4, 0.5) is 0 Å². The first-order valence-electron chi connectivity index (χ1n) is 6.76. The summed E-state index contributed by atoms with van der Waals surface area (Å²) in [4.78, 5) is 0.897. The molecule has 0 bridgehead atoms. The number of nitrogens with one attached hydrogen (secondary N) is 1. The Morgan fingerprint density at radius 3 is 2.68 bits per heavy atom. The first-order valence-corrected chi connectivity index (χ1v) is 8.08. The molecule has 2 aliphatic rings. The Balaban J connectivity index is 2.08. The van der Waals surface area contributed by atoms with Crippen LogP contribution < -0.4 is 14.8 Å². The summed E-state index contributed by atoms with van der Waals surface area (Å²) in [5, 5.41) is 3.49. The second-order valence-electron chi connectivity index (χ2n) is 5.06. The van der Waals surface area contributed by atoms with Crippen LogP contribution in [0.25, 0.3) is 0 Å². The van der Waals surface area contributed by atoms with E-state index in [9.17, 15) is 4.21 Å². The zero-order chi connectivity index (χ0) is 13.4. The van der Waals surface area contributed by atoms with Gasteiger partial charge in [0.05, 0.1) is 10.8 Å². The van der Waals surface area contributed by atoms with Gasteiger partial charge in [0.25, 0.3) is 0 Å². The van der Waals surface area contributed by atoms with Crippen molar-refractivity contribution in [2.24, 2.45) is 5.92 Å². The Labute approximate surface area is 115 Å². The van der Waals surface area contributed by atoms with Gasteiger partial charge in [-0.15, -0.1) is 0 Å². The highest BCUT2D eigenvalue weighted by atomic mass is 32.2. The fraction of sp³-hybridized carbons (Fsp3) is 0.571. The standard InChI is InChI=1S/C14H19NO3S/c1-3-15-14-9(2)8-19(16)13-7-12-11(6-10(13)14)17-4-5-18-12/h6-7,9,14-15H,3-5,8H2,1-2H3. The van der Waals surface area contributed by atoms with E-state index in [1.807, 2.05) is 12.1 Å². The van der Waals surface area contributed by atoms with Crippen molar-refractivity contribution in [1.82, 2.24) is 5.32 Å². The lowest BCUT2D eigenvalue weighted by molar-refractivity contribution is 0.170. The molecule has 0 radical (unpaired) electrons. The van der Waals surface area contributed by atoms with Crippen molar-refractivity contribution in [2.45, 2.75) is 24.8 Å². The summed E-state index contributed by atoms with van der Waals surface area (Å²) in [6.45, 7) is 6.28. The predicted octanol–water partition coefficient (Wildman–Crippen LogP) is 1.87. The maximum Gasteiger partial charge on any atom is 0.162 e. The Morgan fingerprint density at radius 2 is 2.00 bits per heavy atom. The van der Waals surface area contributed by atoms with Gasteiger partial charge >= 0.3 is 0 Å². The fourth-order valence-corrected chi connectivity index (χ4v) is 4.33. The molecular weight excluding hydrogens is 262 g/mol. The van der Waals surface area contributed by atoms with Gasteiger partial charge < -0.3 is 14.8 Å². The molecule has 0 spiro atoms. The van der Waals surface area contributed by atoms with Crippen LogP contribution in [0.5, 0.6) is 11.5 Å². The first kappa shape index (κ1) is 12.9. The number of hydrogen-bond donors (Lipinski definition) is 1. The van der Waals surface area contributed by atoms with E-state index in [2.05, 4.69) is 19.2 Å². The van der Waals surface area contributed by atoms with Crippen molar-refractivity contribution in [3.63, 3.8) is 0 Å². The van der Waals surface area contributed by atoms with Gasteiger partial charge in [-0.1, -0.05) is 13.8 Å². The number of benzene rings is 1. The lowest BCUT2D eigenvalue weighted by atomic mass is 9.94. The second kappa shape index (κ2) is 5.13. The van der Waals surface area contributed by atoms with Crippen LogP contribution in [0, 0.1) is 5.92 Å². The molecular formula is C14H19NO3S. The van der Waals surface area contributed by atoms with Gasteiger partial charge in [-0.05, 0) is 24.1 Å². The van der Waals surface area contributed by atoms with Crippen LogP contribution in [-0.4, -0.2) is 29.7 Å². The molecule has 3 rings (SSSR count). The lowest BCUT2D eigenvalue weighted by Gasteiger charge is -2.32. The van der Waals surface area contributed by atoms with E-state index in [-0.39, 0.29) is 6.04 Å². The molecule has 19 heavy (non-hydrogen) atoms. The number of ether oxygens (including phenoxy) is 2. The van der Waals surface area contributed by atoms with Gasteiger partial charge in [0.1, 0.15) is 13.2 Å². The Morgan fingerprint density at radius 1 is 1.32 bits per heavy atom. The Bertz CT molecular complexity index is 518. The van der Waals surface area contributed by atoms with E-state index in [4.69, 9.17) is 9.47 Å². The van der Waals surface area contributed by atoms with E-state index < -0.39 is 10.8 Å². The van der Waals surface area contributed by atoms with E-state index in [1.54, 1.807) is 0 Å². The smallest absolute Gasteiger partial charge is 0.162 e. The predicted molar refractivity (Wildman–Crippen MR) is 74.3 cm³/mol. The monoisotopic (exact) mass is 281 g/mol.